The van der Waals surface area contributed by atoms with Crippen molar-refractivity contribution in [1.82, 2.24) is 4.90 Å². The molecule has 1 saturated heterocycles. The summed E-state index contributed by atoms with van der Waals surface area (Å²) < 4.78 is 40.1. The summed E-state index contributed by atoms with van der Waals surface area (Å²) in [5.41, 5.74) is 1.00. The van der Waals surface area contributed by atoms with Crippen LogP contribution in [0.15, 0.2) is 48.5 Å². The van der Waals surface area contributed by atoms with E-state index < -0.39 is 15.9 Å². The molecule has 0 saturated carbocycles. The van der Waals surface area contributed by atoms with E-state index in [2.05, 4.69) is 0 Å². The van der Waals surface area contributed by atoms with Crippen molar-refractivity contribution in [2.75, 3.05) is 38.9 Å². The molecular weight excluding hydrogens is 406 g/mol. The molecule has 164 valence electrons. The predicted octanol–water partition coefficient (Wildman–Crippen LogP) is 2.13. The number of aliphatic hydroxyl groups excluding tert-OH is 1. The van der Waals surface area contributed by atoms with Gasteiger partial charge in [-0.3, -0.25) is 4.90 Å². The van der Waals surface area contributed by atoms with Gasteiger partial charge in [0.2, 0.25) is 0 Å². The summed E-state index contributed by atoms with van der Waals surface area (Å²) in [5, 5.41) is 10.6. The van der Waals surface area contributed by atoms with E-state index in [0.29, 0.717) is 25.3 Å². The Morgan fingerprint density at radius 1 is 1.07 bits per heavy atom. The van der Waals surface area contributed by atoms with Gasteiger partial charge in [0.05, 0.1) is 25.7 Å². The monoisotopic (exact) mass is 435 g/mol. The van der Waals surface area contributed by atoms with Gasteiger partial charge in [0.15, 0.2) is 9.84 Å². The molecule has 1 fully saturated rings. The van der Waals surface area contributed by atoms with Gasteiger partial charge in [-0.15, -0.1) is 0 Å². The topological polar surface area (TPSA) is 85.3 Å². The van der Waals surface area contributed by atoms with E-state index in [0.717, 1.165) is 17.1 Å². The second kappa shape index (κ2) is 10.1. The number of rotatable bonds is 10. The third kappa shape index (κ3) is 6.35. The minimum absolute atomic E-state index is 0.112. The zero-order valence-corrected chi connectivity index (χ0v) is 18.2. The molecular formula is C22H29NO6S. The standard InChI is InChI=1S/C22H29NO6S/c1-27-20-6-8-21(9-7-20)29-15-19(24)14-23(18-10-11-30(25,26)16-18)13-17-4-3-5-22(12-17)28-2/h3-9,12,18-19,24H,10-11,13-16H2,1-2H3. The van der Waals surface area contributed by atoms with Crippen LogP contribution in [0, 0.1) is 0 Å². The van der Waals surface area contributed by atoms with Crippen LogP contribution in [0.5, 0.6) is 17.2 Å². The Bertz CT molecular complexity index is 915. The smallest absolute Gasteiger partial charge is 0.151 e. The molecule has 7 nitrogen and oxygen atoms in total. The highest BCUT2D eigenvalue weighted by Gasteiger charge is 2.33. The number of hydrogen-bond donors (Lipinski definition) is 1. The lowest BCUT2D eigenvalue weighted by atomic mass is 10.1. The molecule has 30 heavy (non-hydrogen) atoms. The number of hydrogen-bond acceptors (Lipinski definition) is 7. The average Bonchev–Trinajstić information content (AvgIpc) is 3.12. The van der Waals surface area contributed by atoms with Crippen molar-refractivity contribution in [3.05, 3.63) is 54.1 Å². The summed E-state index contributed by atoms with van der Waals surface area (Å²) in [4.78, 5) is 2.03. The average molecular weight is 436 g/mol. The van der Waals surface area contributed by atoms with Gasteiger partial charge in [0, 0.05) is 19.1 Å². The number of methoxy groups -OCH3 is 2. The van der Waals surface area contributed by atoms with Gasteiger partial charge in [0.25, 0.3) is 0 Å². The fourth-order valence-electron chi connectivity index (χ4n) is 3.60. The van der Waals surface area contributed by atoms with Crippen molar-refractivity contribution in [2.24, 2.45) is 0 Å². The van der Waals surface area contributed by atoms with Crippen molar-refractivity contribution in [1.29, 1.82) is 0 Å². The number of sulfone groups is 1. The van der Waals surface area contributed by atoms with E-state index in [-0.39, 0.29) is 24.2 Å². The van der Waals surface area contributed by atoms with E-state index in [1.54, 1.807) is 38.5 Å². The Morgan fingerprint density at radius 3 is 2.40 bits per heavy atom. The van der Waals surface area contributed by atoms with E-state index in [4.69, 9.17) is 14.2 Å². The second-order valence-electron chi connectivity index (χ2n) is 7.48. The molecule has 0 radical (unpaired) electrons. The van der Waals surface area contributed by atoms with Crippen LogP contribution in [0.3, 0.4) is 0 Å². The Balaban J connectivity index is 1.64. The lowest BCUT2D eigenvalue weighted by Gasteiger charge is -2.30. The Labute approximate surface area is 178 Å². The fourth-order valence-corrected chi connectivity index (χ4v) is 5.36. The van der Waals surface area contributed by atoms with Crippen molar-refractivity contribution >= 4 is 9.84 Å². The van der Waals surface area contributed by atoms with Crippen LogP contribution < -0.4 is 14.2 Å². The molecule has 2 unspecified atom stereocenters. The molecule has 2 aromatic rings. The van der Waals surface area contributed by atoms with Crippen LogP contribution in [0.1, 0.15) is 12.0 Å². The first-order valence-corrected chi connectivity index (χ1v) is 11.7. The molecule has 0 spiro atoms. The molecule has 1 heterocycles. The maximum absolute atomic E-state index is 12.0. The molecule has 0 aromatic heterocycles. The summed E-state index contributed by atoms with van der Waals surface area (Å²) in [6, 6.07) is 14.7. The van der Waals surface area contributed by atoms with Crippen molar-refractivity contribution in [3.8, 4) is 17.2 Å². The van der Waals surface area contributed by atoms with Gasteiger partial charge in [0.1, 0.15) is 30.0 Å². The lowest BCUT2D eigenvalue weighted by Crippen LogP contribution is -2.42. The van der Waals surface area contributed by atoms with E-state index >= 15 is 0 Å². The van der Waals surface area contributed by atoms with Gasteiger partial charge in [-0.1, -0.05) is 12.1 Å². The third-order valence-electron chi connectivity index (χ3n) is 5.19. The normalized spacial score (nSPS) is 18.9. The Kier molecular flexibility index (Phi) is 7.58. The number of benzene rings is 2. The first kappa shape index (κ1) is 22.4. The molecule has 8 heteroatoms. The fraction of sp³-hybridized carbons (Fsp3) is 0.455. The van der Waals surface area contributed by atoms with E-state index in [1.807, 2.05) is 29.2 Å². The van der Waals surface area contributed by atoms with Crippen LogP contribution in [0.4, 0.5) is 0 Å². The molecule has 1 aliphatic rings. The molecule has 1 aliphatic heterocycles. The zero-order valence-electron chi connectivity index (χ0n) is 17.4. The minimum Gasteiger partial charge on any atom is -0.497 e. The van der Waals surface area contributed by atoms with Gasteiger partial charge < -0.3 is 19.3 Å². The summed E-state index contributed by atoms with van der Waals surface area (Å²) in [6.07, 6.45) is -0.195. The summed E-state index contributed by atoms with van der Waals surface area (Å²) in [5.74, 6) is 2.41. The van der Waals surface area contributed by atoms with Crippen molar-refractivity contribution in [2.45, 2.75) is 25.1 Å². The molecule has 2 aromatic carbocycles. The summed E-state index contributed by atoms with van der Waals surface area (Å²) in [6.45, 7) is 0.949. The van der Waals surface area contributed by atoms with Crippen LogP contribution in [0.25, 0.3) is 0 Å². The maximum Gasteiger partial charge on any atom is 0.151 e. The molecule has 0 amide bonds. The van der Waals surface area contributed by atoms with Gasteiger partial charge >= 0.3 is 0 Å². The lowest BCUT2D eigenvalue weighted by molar-refractivity contribution is 0.0524. The van der Waals surface area contributed by atoms with Gasteiger partial charge in [-0.2, -0.15) is 0 Å². The first-order valence-electron chi connectivity index (χ1n) is 9.91. The minimum atomic E-state index is -3.03. The quantitative estimate of drug-likeness (QED) is 0.612. The second-order valence-corrected chi connectivity index (χ2v) is 9.71. The molecule has 3 rings (SSSR count). The van der Waals surface area contributed by atoms with Crippen LogP contribution in [-0.4, -0.2) is 69.4 Å². The van der Waals surface area contributed by atoms with E-state index in [9.17, 15) is 13.5 Å². The Morgan fingerprint density at radius 2 is 1.77 bits per heavy atom. The number of ether oxygens (including phenoxy) is 3. The highest BCUT2D eigenvalue weighted by molar-refractivity contribution is 7.91. The third-order valence-corrected chi connectivity index (χ3v) is 6.94. The van der Waals surface area contributed by atoms with Crippen LogP contribution in [-0.2, 0) is 16.4 Å². The first-order chi connectivity index (χ1) is 14.4. The van der Waals surface area contributed by atoms with Crippen molar-refractivity contribution < 1.29 is 27.7 Å². The molecule has 0 aliphatic carbocycles. The summed E-state index contributed by atoms with van der Waals surface area (Å²) >= 11 is 0. The predicted molar refractivity (Wildman–Crippen MR) is 115 cm³/mol. The van der Waals surface area contributed by atoms with Crippen molar-refractivity contribution in [3.63, 3.8) is 0 Å². The Hall–Kier alpha value is -2.29. The number of nitrogens with zero attached hydrogens (tertiary/aromatic N) is 1. The zero-order chi connectivity index (χ0) is 21.6. The summed E-state index contributed by atoms with van der Waals surface area (Å²) in [7, 11) is 0.174. The highest BCUT2D eigenvalue weighted by atomic mass is 32.2. The van der Waals surface area contributed by atoms with Crippen LogP contribution in [0.2, 0.25) is 0 Å². The largest absolute Gasteiger partial charge is 0.497 e. The van der Waals surface area contributed by atoms with Gasteiger partial charge in [-0.05, 0) is 48.4 Å². The molecule has 0 bridgehead atoms. The van der Waals surface area contributed by atoms with Gasteiger partial charge in [-0.25, -0.2) is 8.42 Å². The maximum atomic E-state index is 12.0. The SMILES string of the molecule is COc1ccc(OCC(O)CN(Cc2cccc(OC)c2)C2CCS(=O)(=O)C2)cc1. The molecule has 1 N–H and O–H groups in total. The van der Waals surface area contributed by atoms with E-state index in [1.165, 1.54) is 0 Å². The highest BCUT2D eigenvalue weighted by Crippen LogP contribution is 2.22. The molecule has 2 atom stereocenters. The number of aliphatic hydroxyl groups is 1. The van der Waals surface area contributed by atoms with Crippen LogP contribution >= 0.6 is 0 Å².